The minimum Gasteiger partial charge on any atom is -0.455 e. The molecule has 0 aliphatic rings. The standard InChI is InChI=1S/C54H52N2.C43H37NS.C40H31NO/c1-3-5-7-10-20-39-30-33-53-47(36-39)48-37-40(21-11-8-6-4-2)31-34-54(48)56(53)51-29-19-16-26-45(51)44-25-15-14-24-43(44)41-32-35-52-49(38-41)46-27-17-18-28-50(46)55(52)42-22-12-9-13-23-42;1-3-5-13-30-21-25-41-38(27-30)37-26-29(12-4-2)20-24-40(37)44(41)39-18-10-8-16-34(39)33-15-7-6-14-32(33)31-22-23-36-35-17-9-11-19-42(35)45-43(36)28-31;1-3-26-20-22-37-34(24-26)35-25-27(4-2)21-23-38(35)41(37)36-18-9-7-14-30(36)28-12-5-6-13-29(28)32-16-11-17-33-31-15-8-10-19-39(31)42-40(32)33/h9,12-19,22-38H,3-8,10-11,20-21H2,1-2H3;6-11,14-28H,3-5,12-13H2,1-2H3;5-25H,3-4H2,1-2H3. The van der Waals surface area contributed by atoms with Gasteiger partial charge in [0.25, 0.3) is 0 Å². The fraction of sp³-hybridized carbons (Fsp3) is 0.168. The van der Waals surface area contributed by atoms with Gasteiger partial charge < -0.3 is 22.7 Å². The maximum atomic E-state index is 6.49. The zero-order valence-electron chi connectivity index (χ0n) is 82.9. The molecule has 6 heterocycles. The third-order valence-electron chi connectivity index (χ3n) is 30.0. The Balaban J connectivity index is 0.000000120. The first-order valence-electron chi connectivity index (χ1n) is 52.4. The van der Waals surface area contributed by atoms with E-state index in [1.54, 1.807) is 0 Å². The zero-order valence-corrected chi connectivity index (χ0v) is 83.7. The van der Waals surface area contributed by atoms with E-state index in [1.807, 2.05) is 17.4 Å². The lowest BCUT2D eigenvalue weighted by Crippen LogP contribution is -1.98. The Morgan fingerprint density at radius 2 is 0.538 bits per heavy atom. The number of fused-ring (bicyclic) bond motifs is 18. The molecule has 6 heteroatoms. The number of nitrogens with zero attached hydrogens (tertiary/aromatic N) is 4. The number of aromatic nitrogens is 4. The van der Waals surface area contributed by atoms with Crippen molar-refractivity contribution in [3.8, 4) is 89.5 Å². The van der Waals surface area contributed by atoms with Crippen LogP contribution in [0.2, 0.25) is 0 Å². The fourth-order valence-corrected chi connectivity index (χ4v) is 23.9. The Morgan fingerprint density at radius 1 is 0.196 bits per heavy atom. The van der Waals surface area contributed by atoms with Gasteiger partial charge in [-0.15, -0.1) is 11.3 Å². The van der Waals surface area contributed by atoms with Crippen molar-refractivity contribution < 1.29 is 4.42 Å². The SMILES string of the molecule is CCCCCCc1ccc2c(c1)c1cc(CCCCCC)ccc1n2-c1ccccc1-c1ccccc1-c1ccc2c(c1)c1ccccc1n2-c1ccccc1.CCCCc1ccc2c(c1)c1cc(CCC)ccc1n2-c1ccccc1-c1ccccc1-c1ccc2c(c1)sc1ccccc12.CCc1ccc2c(c1)c1cc(CC)ccc1n2-c1ccccc1-c1ccccc1-c1cccc2c1oc1ccccc12. The van der Waals surface area contributed by atoms with E-state index in [-0.39, 0.29) is 0 Å². The monoisotopic (exact) mass is 1870 g/mol. The number of hydrogen-bond donors (Lipinski definition) is 0. The van der Waals surface area contributed by atoms with Crippen molar-refractivity contribution >= 4 is 141 Å². The smallest absolute Gasteiger partial charge is 0.143 e. The summed E-state index contributed by atoms with van der Waals surface area (Å²) in [5.41, 5.74) is 39.7. The van der Waals surface area contributed by atoms with E-state index in [0.29, 0.717) is 0 Å². The predicted molar refractivity (Wildman–Crippen MR) is 617 cm³/mol. The highest BCUT2D eigenvalue weighted by Crippen LogP contribution is 2.49. The predicted octanol–water partition coefficient (Wildman–Crippen LogP) is 39.4. The molecule has 6 aromatic heterocycles. The number of thiophene rings is 1. The maximum absolute atomic E-state index is 6.49. The summed E-state index contributed by atoms with van der Waals surface area (Å²) >= 11 is 1.88. The van der Waals surface area contributed by atoms with Gasteiger partial charge in [0.1, 0.15) is 11.2 Å². The molecule has 0 aliphatic carbocycles. The Bertz CT molecular complexity index is 8920. The molecule has 700 valence electrons. The molecule has 0 fully saturated rings. The van der Waals surface area contributed by atoms with Gasteiger partial charge >= 0.3 is 0 Å². The van der Waals surface area contributed by atoms with Crippen LogP contribution in [0.25, 0.3) is 219 Å². The molecule has 0 atom stereocenters. The number of aryl methyl sites for hydroxylation is 6. The Morgan fingerprint density at radius 3 is 1.03 bits per heavy atom. The maximum Gasteiger partial charge on any atom is 0.143 e. The molecule has 0 N–H and O–H groups in total. The van der Waals surface area contributed by atoms with Gasteiger partial charge in [-0.25, -0.2) is 0 Å². The van der Waals surface area contributed by atoms with Crippen molar-refractivity contribution in [1.82, 2.24) is 18.3 Å². The van der Waals surface area contributed by atoms with Crippen LogP contribution in [0.1, 0.15) is 146 Å². The molecule has 25 aromatic rings. The number of furan rings is 1. The fourth-order valence-electron chi connectivity index (χ4n) is 22.8. The quantitative estimate of drug-likeness (QED) is 0.0472. The Kier molecular flexibility index (Phi) is 25.9. The second-order valence-corrected chi connectivity index (χ2v) is 40.1. The van der Waals surface area contributed by atoms with Crippen LogP contribution in [0, 0.1) is 0 Å². The van der Waals surface area contributed by atoms with Crippen LogP contribution in [-0.4, -0.2) is 18.3 Å². The van der Waals surface area contributed by atoms with Gasteiger partial charge in [0.2, 0.25) is 0 Å². The van der Waals surface area contributed by atoms with Crippen LogP contribution >= 0.6 is 11.3 Å². The zero-order chi connectivity index (χ0) is 96.4. The third-order valence-corrected chi connectivity index (χ3v) is 31.1. The normalized spacial score (nSPS) is 11.8. The van der Waals surface area contributed by atoms with Gasteiger partial charge in [-0.2, -0.15) is 0 Å². The molecule has 0 unspecified atom stereocenters. The lowest BCUT2D eigenvalue weighted by Gasteiger charge is -2.17. The van der Waals surface area contributed by atoms with Gasteiger partial charge in [-0.3, -0.25) is 0 Å². The second-order valence-electron chi connectivity index (χ2n) is 39.0. The Labute approximate surface area is 843 Å². The van der Waals surface area contributed by atoms with E-state index in [2.05, 4.69) is 466 Å². The molecule has 0 radical (unpaired) electrons. The average Bonchev–Trinajstić information content (AvgIpc) is 1.60. The minimum atomic E-state index is 0.918. The van der Waals surface area contributed by atoms with Crippen LogP contribution in [0.4, 0.5) is 0 Å². The van der Waals surface area contributed by atoms with Crippen molar-refractivity contribution in [3.05, 3.63) is 446 Å². The number of hydrogen-bond acceptors (Lipinski definition) is 2. The van der Waals surface area contributed by atoms with E-state index in [9.17, 15) is 0 Å². The number of rotatable bonds is 27. The highest BCUT2D eigenvalue weighted by molar-refractivity contribution is 7.25. The summed E-state index contributed by atoms with van der Waals surface area (Å²) in [7, 11) is 0. The van der Waals surface area contributed by atoms with Crippen molar-refractivity contribution in [1.29, 1.82) is 0 Å². The molecule has 25 rings (SSSR count). The summed E-state index contributed by atoms with van der Waals surface area (Å²) in [6.07, 6.45) is 20.4. The summed E-state index contributed by atoms with van der Waals surface area (Å²) in [6.45, 7) is 13.6. The summed E-state index contributed by atoms with van der Waals surface area (Å²) < 4.78 is 19.1. The summed E-state index contributed by atoms with van der Waals surface area (Å²) in [5.74, 6) is 0. The van der Waals surface area contributed by atoms with Crippen molar-refractivity contribution in [2.24, 2.45) is 0 Å². The molecular formula is C137H120N4OS. The topological polar surface area (TPSA) is 32.9 Å². The van der Waals surface area contributed by atoms with Gasteiger partial charge in [0.15, 0.2) is 0 Å². The van der Waals surface area contributed by atoms with Crippen LogP contribution in [0.5, 0.6) is 0 Å². The van der Waals surface area contributed by atoms with Crippen molar-refractivity contribution in [2.75, 3.05) is 0 Å². The highest BCUT2D eigenvalue weighted by atomic mass is 32.1. The summed E-state index contributed by atoms with van der Waals surface area (Å²) in [4.78, 5) is 0. The lowest BCUT2D eigenvalue weighted by molar-refractivity contribution is 0.667. The van der Waals surface area contributed by atoms with Crippen molar-refractivity contribution in [3.63, 3.8) is 0 Å². The molecule has 0 saturated carbocycles. The first kappa shape index (κ1) is 91.2. The average molecular weight is 1870 g/mol. The largest absolute Gasteiger partial charge is 0.455 e. The molecule has 0 aliphatic heterocycles. The summed E-state index contributed by atoms with van der Waals surface area (Å²) in [6, 6.07) is 153. The molecule has 0 saturated heterocycles. The number of para-hydroxylation sites is 7. The molecule has 0 spiro atoms. The molecule has 0 amide bonds. The van der Waals surface area contributed by atoms with E-state index < -0.39 is 0 Å². The second kappa shape index (κ2) is 40.5. The van der Waals surface area contributed by atoms with Crippen LogP contribution in [0.15, 0.2) is 417 Å². The van der Waals surface area contributed by atoms with Gasteiger partial charge in [-0.1, -0.05) is 366 Å². The van der Waals surface area contributed by atoms with Crippen molar-refractivity contribution in [2.45, 2.75) is 151 Å². The van der Waals surface area contributed by atoms with E-state index in [4.69, 9.17) is 4.42 Å². The molecular weight excluding hydrogens is 1750 g/mol. The van der Waals surface area contributed by atoms with Crippen LogP contribution in [-0.2, 0) is 38.5 Å². The van der Waals surface area contributed by atoms with Gasteiger partial charge in [-0.05, 0) is 275 Å². The molecule has 5 nitrogen and oxygen atoms in total. The molecule has 19 aromatic carbocycles. The van der Waals surface area contributed by atoms with Gasteiger partial charge in [0.05, 0.1) is 61.2 Å². The van der Waals surface area contributed by atoms with E-state index in [1.165, 1.54) is 283 Å². The Hall–Kier alpha value is -15.6. The lowest BCUT2D eigenvalue weighted by atomic mass is 9.92. The first-order valence-corrected chi connectivity index (χ1v) is 53.2. The highest BCUT2D eigenvalue weighted by Gasteiger charge is 2.26. The number of unbranched alkanes of at least 4 members (excludes halogenated alkanes) is 7. The van der Waals surface area contributed by atoms with Crippen LogP contribution in [0.3, 0.4) is 0 Å². The first-order chi connectivity index (χ1) is 70.7. The van der Waals surface area contributed by atoms with Crippen LogP contribution < -0.4 is 0 Å². The number of benzene rings is 19. The molecule has 0 bridgehead atoms. The van der Waals surface area contributed by atoms with E-state index >= 15 is 0 Å². The molecule has 143 heavy (non-hydrogen) atoms. The van der Waals surface area contributed by atoms with Gasteiger partial charge in [0, 0.05) is 102 Å². The minimum absolute atomic E-state index is 0.918. The third kappa shape index (κ3) is 17.3. The summed E-state index contributed by atoms with van der Waals surface area (Å²) in [5, 5.41) is 15.6. The van der Waals surface area contributed by atoms with E-state index in [0.717, 1.165) is 78.0 Å².